The normalized spacial score (nSPS) is 16.8. The third-order valence-electron chi connectivity index (χ3n) is 3.88. The van der Waals surface area contributed by atoms with Crippen LogP contribution in [0, 0.1) is 6.92 Å². The number of hydrogen-bond acceptors (Lipinski definition) is 5. The van der Waals surface area contributed by atoms with E-state index in [4.69, 9.17) is 9.47 Å². The Labute approximate surface area is 127 Å². The third-order valence-corrected chi connectivity index (χ3v) is 3.88. The number of aromatic hydroxyl groups is 2. The molecular weight excluding hydrogens is 284 g/mol. The van der Waals surface area contributed by atoms with Crippen LogP contribution in [0.15, 0.2) is 30.3 Å². The van der Waals surface area contributed by atoms with Crippen LogP contribution < -0.4 is 9.47 Å². The van der Waals surface area contributed by atoms with Gasteiger partial charge in [0.15, 0.2) is 11.5 Å². The summed E-state index contributed by atoms with van der Waals surface area (Å²) in [5, 5.41) is 19.4. The zero-order valence-corrected chi connectivity index (χ0v) is 12.3. The summed E-state index contributed by atoms with van der Waals surface area (Å²) < 4.78 is 10.4. The van der Waals surface area contributed by atoms with E-state index in [1.165, 1.54) is 13.2 Å². The minimum absolute atomic E-state index is 0.0484. The van der Waals surface area contributed by atoms with E-state index in [0.717, 1.165) is 16.7 Å². The van der Waals surface area contributed by atoms with Gasteiger partial charge >= 0.3 is 5.97 Å². The highest BCUT2D eigenvalue weighted by molar-refractivity contribution is 5.78. The molecule has 0 amide bonds. The lowest BCUT2D eigenvalue weighted by Gasteiger charge is -2.27. The van der Waals surface area contributed by atoms with Crippen LogP contribution in [0.25, 0.3) is 0 Å². The number of carbonyl (C=O) groups is 1. The van der Waals surface area contributed by atoms with Crippen LogP contribution in [0.3, 0.4) is 0 Å². The van der Waals surface area contributed by atoms with Gasteiger partial charge in [-0.1, -0.05) is 6.07 Å². The fraction of sp³-hybridized carbons (Fsp3) is 0.235. The summed E-state index contributed by atoms with van der Waals surface area (Å²) in [6.07, 6.45) is 0.201. The first-order chi connectivity index (χ1) is 10.5. The first kappa shape index (κ1) is 14.3. The molecule has 0 saturated carbocycles. The number of rotatable bonds is 2. The van der Waals surface area contributed by atoms with Crippen molar-refractivity contribution in [1.29, 1.82) is 0 Å². The fourth-order valence-electron chi connectivity index (χ4n) is 2.91. The number of phenolic OH excluding ortho intramolecular Hbond substituents is 2. The molecule has 0 aliphatic carbocycles. The van der Waals surface area contributed by atoms with Crippen molar-refractivity contribution in [2.45, 2.75) is 19.3 Å². The summed E-state index contributed by atoms with van der Waals surface area (Å²) in [6.45, 7) is 1.86. The summed E-state index contributed by atoms with van der Waals surface area (Å²) in [5.41, 5.74) is 2.56. The molecule has 0 spiro atoms. The molecule has 3 rings (SSSR count). The van der Waals surface area contributed by atoms with E-state index in [9.17, 15) is 15.0 Å². The molecule has 0 bridgehead atoms. The summed E-state index contributed by atoms with van der Waals surface area (Å²) in [7, 11) is 1.48. The maximum atomic E-state index is 11.9. The molecule has 114 valence electrons. The molecule has 2 aromatic carbocycles. The number of aryl methyl sites for hydroxylation is 1. The second-order valence-electron chi connectivity index (χ2n) is 5.34. The Bertz CT molecular complexity index is 751. The van der Waals surface area contributed by atoms with Gasteiger partial charge in [-0.15, -0.1) is 0 Å². The smallest absolute Gasteiger partial charge is 0.312 e. The summed E-state index contributed by atoms with van der Waals surface area (Å²) in [6, 6.07) is 8.11. The number of methoxy groups -OCH3 is 1. The monoisotopic (exact) mass is 300 g/mol. The summed E-state index contributed by atoms with van der Waals surface area (Å²) in [4.78, 5) is 11.9. The van der Waals surface area contributed by atoms with Crippen molar-refractivity contribution in [2.24, 2.45) is 0 Å². The average molecular weight is 300 g/mol. The van der Waals surface area contributed by atoms with Crippen LogP contribution in [0.5, 0.6) is 23.0 Å². The maximum Gasteiger partial charge on any atom is 0.312 e. The number of fused-ring (bicyclic) bond motifs is 1. The van der Waals surface area contributed by atoms with Gasteiger partial charge in [0, 0.05) is 17.5 Å². The number of carbonyl (C=O) groups excluding carboxylic acids is 1. The van der Waals surface area contributed by atoms with Crippen LogP contribution in [-0.4, -0.2) is 23.3 Å². The Kier molecular flexibility index (Phi) is 3.41. The SMILES string of the molecule is COc1cc(C2CC(=O)Oc3cc(O)cc(C)c32)ccc1O. The lowest BCUT2D eigenvalue weighted by molar-refractivity contribution is -0.135. The fourth-order valence-corrected chi connectivity index (χ4v) is 2.91. The van der Waals surface area contributed by atoms with Crippen LogP contribution in [0.1, 0.15) is 29.0 Å². The van der Waals surface area contributed by atoms with Crippen LogP contribution >= 0.6 is 0 Å². The Morgan fingerprint density at radius 2 is 2.00 bits per heavy atom. The number of phenols is 2. The van der Waals surface area contributed by atoms with E-state index >= 15 is 0 Å². The molecule has 5 heteroatoms. The second kappa shape index (κ2) is 5.26. The van der Waals surface area contributed by atoms with Crippen molar-refractivity contribution < 1.29 is 24.5 Å². The van der Waals surface area contributed by atoms with Gasteiger partial charge in [-0.05, 0) is 36.2 Å². The average Bonchev–Trinajstić information content (AvgIpc) is 2.46. The molecule has 0 aromatic heterocycles. The van der Waals surface area contributed by atoms with Gasteiger partial charge in [0.05, 0.1) is 13.5 Å². The van der Waals surface area contributed by atoms with E-state index < -0.39 is 0 Å². The Hall–Kier alpha value is -2.69. The van der Waals surface area contributed by atoms with Crippen LogP contribution in [0.2, 0.25) is 0 Å². The quantitative estimate of drug-likeness (QED) is 0.659. The van der Waals surface area contributed by atoms with Gasteiger partial charge in [-0.25, -0.2) is 0 Å². The molecule has 2 N–H and O–H groups in total. The van der Waals surface area contributed by atoms with Crippen molar-refractivity contribution in [3.8, 4) is 23.0 Å². The Morgan fingerprint density at radius 3 is 2.73 bits per heavy atom. The zero-order chi connectivity index (χ0) is 15.9. The summed E-state index contributed by atoms with van der Waals surface area (Å²) in [5.74, 6) is 0.293. The summed E-state index contributed by atoms with van der Waals surface area (Å²) >= 11 is 0. The van der Waals surface area contributed by atoms with Gasteiger partial charge in [0.1, 0.15) is 11.5 Å². The predicted molar refractivity (Wildman–Crippen MR) is 79.6 cm³/mol. The largest absolute Gasteiger partial charge is 0.508 e. The molecule has 0 radical (unpaired) electrons. The zero-order valence-electron chi connectivity index (χ0n) is 12.3. The third kappa shape index (κ3) is 2.35. The van der Waals surface area contributed by atoms with E-state index in [2.05, 4.69) is 0 Å². The van der Waals surface area contributed by atoms with Gasteiger partial charge in [0.25, 0.3) is 0 Å². The Morgan fingerprint density at radius 1 is 1.23 bits per heavy atom. The molecule has 0 fully saturated rings. The van der Waals surface area contributed by atoms with E-state index in [1.807, 2.05) is 6.92 Å². The molecule has 1 aliphatic heterocycles. The van der Waals surface area contributed by atoms with E-state index in [0.29, 0.717) is 11.5 Å². The minimum atomic E-state index is -0.352. The topological polar surface area (TPSA) is 76.0 Å². The highest BCUT2D eigenvalue weighted by Crippen LogP contribution is 2.43. The first-order valence-corrected chi connectivity index (χ1v) is 6.90. The van der Waals surface area contributed by atoms with Crippen molar-refractivity contribution in [3.63, 3.8) is 0 Å². The van der Waals surface area contributed by atoms with Gasteiger partial charge in [-0.2, -0.15) is 0 Å². The minimum Gasteiger partial charge on any atom is -0.508 e. The predicted octanol–water partition coefficient (Wildman–Crippen LogP) is 2.86. The molecule has 1 unspecified atom stereocenters. The molecule has 0 saturated heterocycles. The van der Waals surface area contributed by atoms with Gasteiger partial charge in [-0.3, -0.25) is 4.79 Å². The standard InChI is InChI=1S/C17H16O5/c1-9-5-11(18)7-15-17(9)12(8-16(20)22-15)10-3-4-13(19)14(6-10)21-2/h3-7,12,18-19H,8H2,1-2H3. The van der Waals surface area contributed by atoms with Crippen LogP contribution in [-0.2, 0) is 4.79 Å². The number of hydrogen-bond donors (Lipinski definition) is 2. The maximum absolute atomic E-state index is 11.9. The lowest BCUT2D eigenvalue weighted by Crippen LogP contribution is -2.21. The molecule has 2 aromatic rings. The first-order valence-electron chi connectivity index (χ1n) is 6.90. The van der Waals surface area contributed by atoms with Crippen molar-refractivity contribution in [2.75, 3.05) is 7.11 Å². The number of esters is 1. The van der Waals surface area contributed by atoms with E-state index in [1.54, 1.807) is 24.3 Å². The highest BCUT2D eigenvalue weighted by atomic mass is 16.5. The highest BCUT2D eigenvalue weighted by Gasteiger charge is 2.30. The van der Waals surface area contributed by atoms with Gasteiger partial charge in [0.2, 0.25) is 0 Å². The molecule has 22 heavy (non-hydrogen) atoms. The Balaban J connectivity index is 2.15. The molecule has 1 atom stereocenters. The molecule has 1 heterocycles. The van der Waals surface area contributed by atoms with Crippen molar-refractivity contribution in [3.05, 3.63) is 47.0 Å². The van der Waals surface area contributed by atoms with E-state index in [-0.39, 0.29) is 29.8 Å². The lowest BCUT2D eigenvalue weighted by atomic mass is 9.83. The molecular formula is C17H16O5. The van der Waals surface area contributed by atoms with Crippen molar-refractivity contribution in [1.82, 2.24) is 0 Å². The molecule has 5 nitrogen and oxygen atoms in total. The van der Waals surface area contributed by atoms with Gasteiger partial charge < -0.3 is 19.7 Å². The van der Waals surface area contributed by atoms with Crippen molar-refractivity contribution >= 4 is 5.97 Å². The molecule has 1 aliphatic rings. The number of benzene rings is 2. The second-order valence-corrected chi connectivity index (χ2v) is 5.34. The number of ether oxygens (including phenoxy) is 2. The van der Waals surface area contributed by atoms with Crippen LogP contribution in [0.4, 0.5) is 0 Å².